The Morgan fingerprint density at radius 1 is 1.38 bits per heavy atom. The van der Waals surface area contributed by atoms with Crippen molar-refractivity contribution in [3.8, 4) is 0 Å². The number of benzene rings is 1. The van der Waals surface area contributed by atoms with E-state index in [0.717, 1.165) is 35.3 Å². The van der Waals surface area contributed by atoms with E-state index < -0.39 is 0 Å². The van der Waals surface area contributed by atoms with Gasteiger partial charge >= 0.3 is 0 Å². The van der Waals surface area contributed by atoms with E-state index in [1.165, 1.54) is 4.90 Å². The molecule has 1 N–H and O–H groups in total. The summed E-state index contributed by atoms with van der Waals surface area (Å²) in [4.78, 5) is 15.6. The molecule has 1 amide bonds. The molecule has 1 aliphatic heterocycles. The highest BCUT2D eigenvalue weighted by Gasteiger charge is 2.22. The Labute approximate surface area is 110 Å². The maximum Gasteiger partial charge on any atom is 0.254 e. The Kier molecular flexibility index (Phi) is 3.81. The maximum absolute atomic E-state index is 12.2. The monoisotopic (exact) mass is 331 g/mol. The number of quaternary nitrogens is 1. The number of nitrogens with zero attached hydrogens (tertiary/aromatic N) is 1. The van der Waals surface area contributed by atoms with E-state index in [0.29, 0.717) is 0 Å². The number of hydrogen-bond donors (Lipinski definition) is 1. The zero-order valence-electron chi connectivity index (χ0n) is 9.37. The van der Waals surface area contributed by atoms with Crippen LogP contribution in [0.1, 0.15) is 10.4 Å². The van der Waals surface area contributed by atoms with Crippen LogP contribution in [-0.2, 0) is 0 Å². The highest BCUT2D eigenvalue weighted by Crippen LogP contribution is 2.10. The maximum atomic E-state index is 12.2. The molecule has 0 unspecified atom stereocenters. The lowest BCUT2D eigenvalue weighted by molar-refractivity contribution is -0.883. The number of nitrogens with one attached hydrogen (secondary N) is 1. The van der Waals surface area contributed by atoms with E-state index in [4.69, 9.17) is 0 Å². The van der Waals surface area contributed by atoms with Crippen LogP contribution in [0, 0.1) is 3.57 Å². The van der Waals surface area contributed by atoms with Crippen LogP contribution in [0.4, 0.5) is 0 Å². The molecule has 86 valence electrons. The topological polar surface area (TPSA) is 24.8 Å². The van der Waals surface area contributed by atoms with Crippen molar-refractivity contribution < 1.29 is 9.69 Å². The van der Waals surface area contributed by atoms with Gasteiger partial charge in [-0.2, -0.15) is 0 Å². The number of amides is 1. The van der Waals surface area contributed by atoms with E-state index in [2.05, 4.69) is 29.6 Å². The lowest BCUT2D eigenvalue weighted by atomic mass is 10.2. The Morgan fingerprint density at radius 3 is 2.69 bits per heavy atom. The van der Waals surface area contributed by atoms with Gasteiger partial charge in [-0.25, -0.2) is 0 Å². The molecule has 0 aliphatic carbocycles. The number of carbonyl (C=O) groups is 1. The lowest BCUT2D eigenvalue weighted by Gasteiger charge is -2.30. The van der Waals surface area contributed by atoms with Crippen molar-refractivity contribution in [2.75, 3.05) is 33.2 Å². The first-order chi connectivity index (χ1) is 7.66. The molecule has 4 heteroatoms. The zero-order chi connectivity index (χ0) is 11.5. The van der Waals surface area contributed by atoms with Gasteiger partial charge in [-0.05, 0) is 40.8 Å². The normalized spacial score (nSPS) is 17.5. The van der Waals surface area contributed by atoms with Crippen molar-refractivity contribution in [2.45, 2.75) is 0 Å². The summed E-state index contributed by atoms with van der Waals surface area (Å²) in [7, 11) is 2.17. The number of halogens is 1. The van der Waals surface area contributed by atoms with Crippen LogP contribution in [0.2, 0.25) is 0 Å². The number of rotatable bonds is 1. The molecule has 2 rings (SSSR count). The summed E-state index contributed by atoms with van der Waals surface area (Å²) in [5.74, 6) is 0.172. The summed E-state index contributed by atoms with van der Waals surface area (Å²) >= 11 is 2.24. The fourth-order valence-corrected chi connectivity index (χ4v) is 2.44. The first kappa shape index (κ1) is 11.9. The van der Waals surface area contributed by atoms with Crippen LogP contribution in [0.5, 0.6) is 0 Å². The molecule has 1 aromatic carbocycles. The summed E-state index contributed by atoms with van der Waals surface area (Å²) in [6.07, 6.45) is 0. The summed E-state index contributed by atoms with van der Waals surface area (Å²) in [6.45, 7) is 3.84. The Morgan fingerprint density at radius 2 is 2.06 bits per heavy atom. The minimum absolute atomic E-state index is 0.172. The second kappa shape index (κ2) is 5.14. The van der Waals surface area contributed by atoms with Crippen molar-refractivity contribution in [3.63, 3.8) is 0 Å². The largest absolute Gasteiger partial charge is 0.334 e. The number of piperazine rings is 1. The summed E-state index contributed by atoms with van der Waals surface area (Å²) in [5, 5.41) is 0. The number of likely N-dealkylation sites (N-methyl/N-ethyl adjacent to an activating group) is 1. The third-order valence-electron chi connectivity index (χ3n) is 2.98. The number of carbonyl (C=O) groups excluding carboxylic acids is 1. The Bertz CT molecular complexity index is 386. The van der Waals surface area contributed by atoms with Gasteiger partial charge in [-0.15, -0.1) is 0 Å². The first-order valence-electron chi connectivity index (χ1n) is 5.53. The molecule has 1 aromatic rings. The van der Waals surface area contributed by atoms with Gasteiger partial charge in [-0.3, -0.25) is 4.79 Å². The molecule has 1 aliphatic rings. The van der Waals surface area contributed by atoms with E-state index in [1.54, 1.807) is 0 Å². The summed E-state index contributed by atoms with van der Waals surface area (Å²) in [5.41, 5.74) is 0.812. The van der Waals surface area contributed by atoms with Gasteiger partial charge in [0.2, 0.25) is 0 Å². The molecule has 0 radical (unpaired) electrons. The molecule has 0 saturated carbocycles. The van der Waals surface area contributed by atoms with E-state index >= 15 is 0 Å². The van der Waals surface area contributed by atoms with E-state index in [-0.39, 0.29) is 5.91 Å². The summed E-state index contributed by atoms with van der Waals surface area (Å²) in [6, 6.07) is 7.80. The predicted octanol–water partition coefficient (Wildman–Crippen LogP) is 0.262. The van der Waals surface area contributed by atoms with Crippen LogP contribution in [-0.4, -0.2) is 44.0 Å². The zero-order valence-corrected chi connectivity index (χ0v) is 11.5. The minimum atomic E-state index is 0.172. The third-order valence-corrected chi connectivity index (χ3v) is 3.65. The molecule has 0 spiro atoms. The van der Waals surface area contributed by atoms with Gasteiger partial charge in [-0.1, -0.05) is 6.07 Å². The average Bonchev–Trinajstić information content (AvgIpc) is 2.29. The van der Waals surface area contributed by atoms with Crippen LogP contribution in [0.3, 0.4) is 0 Å². The van der Waals surface area contributed by atoms with Crippen LogP contribution in [0.25, 0.3) is 0 Å². The van der Waals surface area contributed by atoms with Crippen molar-refractivity contribution >= 4 is 28.5 Å². The molecular weight excluding hydrogens is 315 g/mol. The molecule has 1 fully saturated rings. The van der Waals surface area contributed by atoms with E-state index in [9.17, 15) is 4.79 Å². The Hall–Kier alpha value is -0.620. The van der Waals surface area contributed by atoms with E-state index in [1.807, 2.05) is 29.2 Å². The minimum Gasteiger partial charge on any atom is -0.334 e. The fourth-order valence-electron chi connectivity index (χ4n) is 1.90. The van der Waals surface area contributed by atoms with Gasteiger partial charge in [0, 0.05) is 9.13 Å². The first-order valence-corrected chi connectivity index (χ1v) is 6.61. The van der Waals surface area contributed by atoms with Crippen LogP contribution >= 0.6 is 22.6 Å². The highest BCUT2D eigenvalue weighted by molar-refractivity contribution is 14.1. The van der Waals surface area contributed by atoms with Crippen molar-refractivity contribution in [2.24, 2.45) is 0 Å². The molecule has 0 bridgehead atoms. The quantitative estimate of drug-likeness (QED) is 0.734. The third kappa shape index (κ3) is 2.74. The molecule has 1 heterocycles. The smallest absolute Gasteiger partial charge is 0.254 e. The Balaban J connectivity index is 2.08. The van der Waals surface area contributed by atoms with Gasteiger partial charge in [0.15, 0.2) is 0 Å². The standard InChI is InChI=1S/C12H15IN2O/c1-14-5-7-15(8-6-14)12(16)10-3-2-4-11(13)9-10/h2-4,9H,5-8H2,1H3/p+1. The second-order valence-electron chi connectivity index (χ2n) is 4.26. The SMILES string of the molecule is C[NH+]1CCN(C(=O)c2cccc(I)c2)CC1. The van der Waals surface area contributed by atoms with Crippen molar-refractivity contribution in [1.82, 2.24) is 4.90 Å². The molecule has 0 atom stereocenters. The van der Waals surface area contributed by atoms with Gasteiger partial charge < -0.3 is 9.80 Å². The second-order valence-corrected chi connectivity index (χ2v) is 5.51. The average molecular weight is 331 g/mol. The molecule has 1 saturated heterocycles. The molecule has 0 aromatic heterocycles. The lowest BCUT2D eigenvalue weighted by Crippen LogP contribution is -3.12. The van der Waals surface area contributed by atoms with Crippen molar-refractivity contribution in [3.05, 3.63) is 33.4 Å². The molecule has 16 heavy (non-hydrogen) atoms. The number of hydrogen-bond acceptors (Lipinski definition) is 1. The summed E-state index contributed by atoms with van der Waals surface area (Å²) < 4.78 is 1.11. The van der Waals surface area contributed by atoms with Crippen molar-refractivity contribution in [1.29, 1.82) is 0 Å². The predicted molar refractivity (Wildman–Crippen MR) is 71.7 cm³/mol. The van der Waals surface area contributed by atoms with Gasteiger partial charge in [0.1, 0.15) is 0 Å². The highest BCUT2D eigenvalue weighted by atomic mass is 127. The van der Waals surface area contributed by atoms with Crippen LogP contribution in [0.15, 0.2) is 24.3 Å². The molecular formula is C12H16IN2O+. The van der Waals surface area contributed by atoms with Gasteiger partial charge in [0.25, 0.3) is 5.91 Å². The fraction of sp³-hybridized carbons (Fsp3) is 0.417. The van der Waals surface area contributed by atoms with Gasteiger partial charge in [0.05, 0.1) is 33.2 Å². The van der Waals surface area contributed by atoms with Crippen LogP contribution < -0.4 is 4.90 Å². The molecule has 3 nitrogen and oxygen atoms in total.